The van der Waals surface area contributed by atoms with Crippen LogP contribution in [0.3, 0.4) is 0 Å². The summed E-state index contributed by atoms with van der Waals surface area (Å²) in [6.07, 6.45) is 0. The van der Waals surface area contributed by atoms with Gasteiger partial charge in [-0.05, 0) is 24.3 Å². The molecule has 0 unspecified atom stereocenters. The number of likely N-dealkylation sites (N-methyl/N-ethyl adjacent to an activating group) is 1. The molecule has 2 rings (SSSR count). The zero-order chi connectivity index (χ0) is 15.1. The van der Waals surface area contributed by atoms with Gasteiger partial charge in [-0.15, -0.1) is 0 Å². The lowest BCUT2D eigenvalue weighted by Gasteiger charge is -2.08. The molecule has 0 fully saturated rings. The van der Waals surface area contributed by atoms with Crippen molar-refractivity contribution in [3.8, 4) is 11.8 Å². The summed E-state index contributed by atoms with van der Waals surface area (Å²) >= 11 is 0. The third kappa shape index (κ3) is 4.28. The maximum atomic E-state index is 11.1. The first kappa shape index (κ1) is 14.5. The van der Waals surface area contributed by atoms with Gasteiger partial charge in [0, 0.05) is 18.8 Å². The Morgan fingerprint density at radius 1 is 1.38 bits per heavy atom. The van der Waals surface area contributed by atoms with Gasteiger partial charge in [0.25, 0.3) is 5.91 Å². The molecule has 0 bridgehead atoms. The highest BCUT2D eigenvalue weighted by Crippen LogP contribution is 2.18. The van der Waals surface area contributed by atoms with E-state index in [1.165, 1.54) is 0 Å². The molecule has 1 aromatic carbocycles. The van der Waals surface area contributed by atoms with Crippen molar-refractivity contribution < 1.29 is 13.9 Å². The quantitative estimate of drug-likeness (QED) is 0.846. The number of amides is 1. The molecule has 0 aliphatic heterocycles. The fraction of sp³-hybridized carbons (Fsp3) is 0.200. The van der Waals surface area contributed by atoms with Crippen molar-refractivity contribution >= 4 is 11.6 Å². The van der Waals surface area contributed by atoms with Gasteiger partial charge in [-0.25, -0.2) is 0 Å². The Morgan fingerprint density at radius 2 is 2.24 bits per heavy atom. The van der Waals surface area contributed by atoms with Crippen molar-refractivity contribution in [2.45, 2.75) is 6.54 Å². The first-order chi connectivity index (χ1) is 10.2. The van der Waals surface area contributed by atoms with Gasteiger partial charge in [-0.2, -0.15) is 5.26 Å². The summed E-state index contributed by atoms with van der Waals surface area (Å²) in [4.78, 5) is 11.1. The van der Waals surface area contributed by atoms with E-state index in [9.17, 15) is 4.79 Å². The maximum Gasteiger partial charge on any atom is 0.257 e. The van der Waals surface area contributed by atoms with Crippen LogP contribution in [0.4, 0.5) is 5.69 Å². The number of benzene rings is 1. The molecule has 6 nitrogen and oxygen atoms in total. The molecule has 2 N–H and O–H groups in total. The van der Waals surface area contributed by atoms with E-state index in [1.54, 1.807) is 31.3 Å². The van der Waals surface area contributed by atoms with Crippen LogP contribution in [0, 0.1) is 11.3 Å². The van der Waals surface area contributed by atoms with Gasteiger partial charge in [-0.3, -0.25) is 4.79 Å². The standard InChI is InChI=1S/C15H15N3O3/c1-17-15(19)10-20-12-4-2-3-11(7-12)18-9-14-6-5-13(8-16)21-14/h2-7,18H,9-10H2,1H3,(H,17,19). The Balaban J connectivity index is 1.91. The number of nitrogens with one attached hydrogen (secondary N) is 2. The van der Waals surface area contributed by atoms with Gasteiger partial charge >= 0.3 is 0 Å². The van der Waals surface area contributed by atoms with Crippen LogP contribution in [0.15, 0.2) is 40.8 Å². The van der Waals surface area contributed by atoms with Gasteiger partial charge in [-0.1, -0.05) is 6.07 Å². The zero-order valence-corrected chi connectivity index (χ0v) is 11.6. The minimum Gasteiger partial charge on any atom is -0.484 e. The molecule has 0 spiro atoms. The van der Waals surface area contributed by atoms with Crippen molar-refractivity contribution in [3.05, 3.63) is 47.9 Å². The Hall–Kier alpha value is -2.94. The minimum absolute atomic E-state index is 0.0241. The summed E-state index contributed by atoms with van der Waals surface area (Å²) in [5.74, 6) is 1.37. The average Bonchev–Trinajstić information content (AvgIpc) is 2.99. The highest BCUT2D eigenvalue weighted by Gasteiger charge is 2.03. The number of anilines is 1. The predicted octanol–water partition coefficient (Wildman–Crippen LogP) is 1.89. The number of rotatable bonds is 6. The summed E-state index contributed by atoms with van der Waals surface area (Å²) < 4.78 is 10.6. The van der Waals surface area contributed by atoms with E-state index in [0.717, 1.165) is 5.69 Å². The summed E-state index contributed by atoms with van der Waals surface area (Å²) in [6, 6.07) is 12.6. The van der Waals surface area contributed by atoms with Crippen LogP contribution in [-0.2, 0) is 11.3 Å². The number of carbonyl (C=O) groups is 1. The molecule has 0 saturated carbocycles. The van der Waals surface area contributed by atoms with Crippen LogP contribution in [-0.4, -0.2) is 19.6 Å². The Labute approximate surface area is 122 Å². The number of ether oxygens (including phenoxy) is 1. The lowest BCUT2D eigenvalue weighted by Crippen LogP contribution is -2.24. The largest absolute Gasteiger partial charge is 0.484 e. The lowest BCUT2D eigenvalue weighted by molar-refractivity contribution is -0.122. The summed E-state index contributed by atoms with van der Waals surface area (Å²) in [5, 5.41) is 14.3. The molecule has 21 heavy (non-hydrogen) atoms. The van der Waals surface area contributed by atoms with Crippen molar-refractivity contribution in [2.75, 3.05) is 19.0 Å². The van der Waals surface area contributed by atoms with Crippen LogP contribution >= 0.6 is 0 Å². The minimum atomic E-state index is -0.187. The number of carbonyl (C=O) groups excluding carboxylic acids is 1. The van der Waals surface area contributed by atoms with E-state index in [0.29, 0.717) is 18.1 Å². The molecule has 0 atom stereocenters. The van der Waals surface area contributed by atoms with Crippen molar-refractivity contribution in [1.29, 1.82) is 5.26 Å². The SMILES string of the molecule is CNC(=O)COc1cccc(NCc2ccc(C#N)o2)c1. The second kappa shape index (κ2) is 7.01. The van der Waals surface area contributed by atoms with E-state index in [4.69, 9.17) is 14.4 Å². The number of hydrogen-bond acceptors (Lipinski definition) is 5. The van der Waals surface area contributed by atoms with Crippen LogP contribution < -0.4 is 15.4 Å². The third-order valence-corrected chi connectivity index (χ3v) is 2.72. The molecule has 108 valence electrons. The highest BCUT2D eigenvalue weighted by molar-refractivity contribution is 5.77. The van der Waals surface area contributed by atoms with Crippen LogP contribution in [0.25, 0.3) is 0 Å². The number of nitrogens with zero attached hydrogens (tertiary/aromatic N) is 1. The Morgan fingerprint density at radius 3 is 2.95 bits per heavy atom. The fourth-order valence-electron chi connectivity index (χ4n) is 1.64. The molecular weight excluding hydrogens is 270 g/mol. The number of hydrogen-bond donors (Lipinski definition) is 2. The predicted molar refractivity (Wildman–Crippen MR) is 76.8 cm³/mol. The van der Waals surface area contributed by atoms with Crippen molar-refractivity contribution in [3.63, 3.8) is 0 Å². The van der Waals surface area contributed by atoms with Gasteiger partial charge in [0.05, 0.1) is 6.54 Å². The molecule has 0 aliphatic rings. The van der Waals surface area contributed by atoms with Gasteiger partial charge in [0.1, 0.15) is 17.6 Å². The highest BCUT2D eigenvalue weighted by atomic mass is 16.5. The molecular formula is C15H15N3O3. The molecule has 1 heterocycles. The van der Waals surface area contributed by atoms with E-state index in [1.807, 2.05) is 18.2 Å². The Bertz CT molecular complexity index is 658. The first-order valence-electron chi connectivity index (χ1n) is 6.37. The summed E-state index contributed by atoms with van der Waals surface area (Å²) in [5.41, 5.74) is 0.833. The second-order valence-corrected chi connectivity index (χ2v) is 4.22. The van der Waals surface area contributed by atoms with E-state index in [-0.39, 0.29) is 18.3 Å². The molecule has 2 aromatic rings. The summed E-state index contributed by atoms with van der Waals surface area (Å²) in [7, 11) is 1.56. The molecule has 1 aromatic heterocycles. The lowest BCUT2D eigenvalue weighted by atomic mass is 10.3. The van der Waals surface area contributed by atoms with E-state index >= 15 is 0 Å². The Kier molecular flexibility index (Phi) is 4.83. The topological polar surface area (TPSA) is 87.3 Å². The van der Waals surface area contributed by atoms with Crippen LogP contribution in [0.2, 0.25) is 0 Å². The van der Waals surface area contributed by atoms with Crippen molar-refractivity contribution in [1.82, 2.24) is 5.32 Å². The number of nitriles is 1. The maximum absolute atomic E-state index is 11.1. The number of furan rings is 1. The van der Waals surface area contributed by atoms with Gasteiger partial charge in [0.2, 0.25) is 5.76 Å². The fourth-order valence-corrected chi connectivity index (χ4v) is 1.64. The normalized spacial score (nSPS) is 9.71. The average molecular weight is 285 g/mol. The van der Waals surface area contributed by atoms with Crippen LogP contribution in [0.1, 0.15) is 11.5 Å². The van der Waals surface area contributed by atoms with E-state index in [2.05, 4.69) is 10.6 Å². The zero-order valence-electron chi connectivity index (χ0n) is 11.6. The van der Waals surface area contributed by atoms with Gasteiger partial charge in [0.15, 0.2) is 6.61 Å². The van der Waals surface area contributed by atoms with E-state index < -0.39 is 0 Å². The summed E-state index contributed by atoms with van der Waals surface area (Å²) in [6.45, 7) is 0.435. The molecule has 6 heteroatoms. The smallest absolute Gasteiger partial charge is 0.257 e. The molecule has 0 saturated heterocycles. The second-order valence-electron chi connectivity index (χ2n) is 4.22. The van der Waals surface area contributed by atoms with Crippen LogP contribution in [0.5, 0.6) is 5.75 Å². The molecule has 0 radical (unpaired) electrons. The first-order valence-corrected chi connectivity index (χ1v) is 6.37. The third-order valence-electron chi connectivity index (χ3n) is 2.72. The van der Waals surface area contributed by atoms with Gasteiger partial charge < -0.3 is 19.8 Å². The molecule has 1 amide bonds. The molecule has 0 aliphatic carbocycles. The van der Waals surface area contributed by atoms with Crippen molar-refractivity contribution in [2.24, 2.45) is 0 Å². The monoisotopic (exact) mass is 285 g/mol.